The molecule has 0 amide bonds. The summed E-state index contributed by atoms with van der Waals surface area (Å²) < 4.78 is 5.24. The Morgan fingerprint density at radius 3 is 2.72 bits per heavy atom. The largest absolute Gasteiger partial charge is 0.472 e. The molecule has 0 fully saturated rings. The summed E-state index contributed by atoms with van der Waals surface area (Å²) in [6.45, 7) is 0. The van der Waals surface area contributed by atoms with Gasteiger partial charge < -0.3 is 9.40 Å². The fraction of sp³-hybridized carbons (Fsp3) is 0. The normalized spacial score (nSPS) is 11.4. The van der Waals surface area contributed by atoms with E-state index in [4.69, 9.17) is 9.40 Å². The molecule has 0 radical (unpaired) electrons. The van der Waals surface area contributed by atoms with E-state index in [9.17, 15) is 0 Å². The maximum Gasteiger partial charge on any atom is 0.159 e. The lowest BCUT2D eigenvalue weighted by atomic mass is 10.1. The van der Waals surface area contributed by atoms with Crippen LogP contribution in [0.25, 0.3) is 55.8 Å². The third kappa shape index (κ3) is 2.52. The number of furan rings is 1. The van der Waals surface area contributed by atoms with Gasteiger partial charge in [0.2, 0.25) is 0 Å². The molecule has 29 heavy (non-hydrogen) atoms. The highest BCUT2D eigenvalue weighted by atomic mass is 16.3. The van der Waals surface area contributed by atoms with Crippen molar-refractivity contribution >= 4 is 21.9 Å². The molecule has 6 aromatic rings. The second-order valence-electron chi connectivity index (χ2n) is 6.72. The third-order valence-electron chi connectivity index (χ3n) is 4.99. The zero-order chi connectivity index (χ0) is 19.2. The maximum atomic E-state index is 5.24. The standard InChI is InChI=1S/C22H14N6O/c1-2-15(14-6-9-29-12-14)20-17(3-1)25-22(26-20)21-16-10-18(13-4-7-23-8-5-13)24-11-19(16)27-28-21/h1-12H,(H,25,26)(H,27,28). The van der Waals surface area contributed by atoms with Crippen molar-refractivity contribution in [3.8, 4) is 33.9 Å². The first kappa shape index (κ1) is 15.8. The molecule has 138 valence electrons. The Hall–Kier alpha value is -4.26. The molecule has 0 bridgehead atoms. The lowest BCUT2D eigenvalue weighted by molar-refractivity contribution is 0.568. The summed E-state index contributed by atoms with van der Waals surface area (Å²) in [4.78, 5) is 16.9. The molecule has 5 heterocycles. The van der Waals surface area contributed by atoms with E-state index in [1.807, 2.05) is 42.5 Å². The van der Waals surface area contributed by atoms with Gasteiger partial charge in [-0.15, -0.1) is 0 Å². The zero-order valence-electron chi connectivity index (χ0n) is 15.1. The number of hydrogen-bond donors (Lipinski definition) is 2. The van der Waals surface area contributed by atoms with E-state index in [1.54, 1.807) is 31.1 Å². The molecule has 6 rings (SSSR count). The van der Waals surface area contributed by atoms with Crippen molar-refractivity contribution in [1.82, 2.24) is 30.1 Å². The monoisotopic (exact) mass is 378 g/mol. The van der Waals surface area contributed by atoms with Gasteiger partial charge in [-0.3, -0.25) is 15.1 Å². The van der Waals surface area contributed by atoms with Crippen LogP contribution >= 0.6 is 0 Å². The number of aromatic nitrogens is 6. The molecule has 0 aliphatic rings. The summed E-state index contributed by atoms with van der Waals surface area (Å²) in [6.07, 6.45) is 8.69. The van der Waals surface area contributed by atoms with Crippen LogP contribution in [0.5, 0.6) is 0 Å². The van der Waals surface area contributed by atoms with Crippen LogP contribution < -0.4 is 0 Å². The van der Waals surface area contributed by atoms with Crippen LogP contribution in [-0.2, 0) is 0 Å². The van der Waals surface area contributed by atoms with Gasteiger partial charge in [0, 0.05) is 34.5 Å². The van der Waals surface area contributed by atoms with Gasteiger partial charge in [0.1, 0.15) is 5.69 Å². The van der Waals surface area contributed by atoms with Crippen LogP contribution in [0, 0.1) is 0 Å². The lowest BCUT2D eigenvalue weighted by Crippen LogP contribution is -1.85. The summed E-state index contributed by atoms with van der Waals surface area (Å²) in [5.41, 5.74) is 7.29. The van der Waals surface area contributed by atoms with Crippen LogP contribution in [0.3, 0.4) is 0 Å². The molecule has 0 spiro atoms. The number of nitrogens with one attached hydrogen (secondary N) is 2. The number of para-hydroxylation sites is 1. The highest BCUT2D eigenvalue weighted by Gasteiger charge is 2.16. The number of benzene rings is 1. The first-order chi connectivity index (χ1) is 14.4. The topological polar surface area (TPSA) is 96.3 Å². The molecule has 0 aliphatic heterocycles. The minimum atomic E-state index is 0.703. The first-order valence-corrected chi connectivity index (χ1v) is 9.13. The maximum absolute atomic E-state index is 5.24. The molecule has 7 nitrogen and oxygen atoms in total. The summed E-state index contributed by atoms with van der Waals surface area (Å²) in [5.74, 6) is 0.703. The number of aromatic amines is 2. The van der Waals surface area contributed by atoms with Gasteiger partial charge in [-0.25, -0.2) is 4.98 Å². The summed E-state index contributed by atoms with van der Waals surface area (Å²) in [5, 5.41) is 8.50. The van der Waals surface area contributed by atoms with Crippen LogP contribution in [0.2, 0.25) is 0 Å². The Morgan fingerprint density at radius 2 is 1.86 bits per heavy atom. The summed E-state index contributed by atoms with van der Waals surface area (Å²) in [7, 11) is 0. The quantitative estimate of drug-likeness (QED) is 0.460. The number of H-pyrrole nitrogens is 2. The lowest BCUT2D eigenvalue weighted by Gasteiger charge is -2.00. The van der Waals surface area contributed by atoms with Crippen molar-refractivity contribution in [2.75, 3.05) is 0 Å². The number of imidazole rings is 1. The highest BCUT2D eigenvalue weighted by molar-refractivity contribution is 5.97. The number of nitrogens with zero attached hydrogens (tertiary/aromatic N) is 4. The molecule has 7 heteroatoms. The first-order valence-electron chi connectivity index (χ1n) is 9.13. The van der Waals surface area contributed by atoms with Crippen molar-refractivity contribution in [2.24, 2.45) is 0 Å². The van der Waals surface area contributed by atoms with Gasteiger partial charge in [-0.05, 0) is 30.3 Å². The van der Waals surface area contributed by atoms with E-state index < -0.39 is 0 Å². The van der Waals surface area contributed by atoms with Crippen LogP contribution in [0.4, 0.5) is 0 Å². The van der Waals surface area contributed by atoms with E-state index in [-0.39, 0.29) is 0 Å². The molecule has 2 N–H and O–H groups in total. The van der Waals surface area contributed by atoms with Crippen molar-refractivity contribution in [1.29, 1.82) is 0 Å². The van der Waals surface area contributed by atoms with Crippen LogP contribution in [0.1, 0.15) is 0 Å². The van der Waals surface area contributed by atoms with Crippen LogP contribution in [-0.4, -0.2) is 30.1 Å². The van der Waals surface area contributed by atoms with Crippen molar-refractivity contribution < 1.29 is 4.42 Å². The smallest absolute Gasteiger partial charge is 0.159 e. The van der Waals surface area contributed by atoms with Gasteiger partial charge in [0.15, 0.2) is 5.82 Å². The molecule has 0 aliphatic carbocycles. The Labute approximate surface area is 164 Å². The molecule has 0 saturated heterocycles. The van der Waals surface area contributed by atoms with Gasteiger partial charge >= 0.3 is 0 Å². The van der Waals surface area contributed by atoms with Crippen molar-refractivity contribution in [3.63, 3.8) is 0 Å². The average Bonchev–Trinajstić information content (AvgIpc) is 3.52. The molecule has 5 aromatic heterocycles. The Balaban J connectivity index is 1.53. The summed E-state index contributed by atoms with van der Waals surface area (Å²) in [6, 6.07) is 13.9. The van der Waals surface area contributed by atoms with E-state index in [1.165, 1.54) is 0 Å². The molecule has 0 atom stereocenters. The average molecular weight is 378 g/mol. The fourth-order valence-electron chi connectivity index (χ4n) is 3.57. The van der Waals surface area contributed by atoms with E-state index in [2.05, 4.69) is 25.1 Å². The number of hydrogen-bond acceptors (Lipinski definition) is 5. The number of fused-ring (bicyclic) bond motifs is 2. The molecule has 1 aromatic carbocycles. The van der Waals surface area contributed by atoms with E-state index in [0.29, 0.717) is 5.82 Å². The van der Waals surface area contributed by atoms with Crippen molar-refractivity contribution in [3.05, 3.63) is 73.6 Å². The van der Waals surface area contributed by atoms with E-state index in [0.717, 1.165) is 50.0 Å². The molecule has 0 saturated carbocycles. The zero-order valence-corrected chi connectivity index (χ0v) is 15.1. The third-order valence-corrected chi connectivity index (χ3v) is 4.99. The number of rotatable bonds is 3. The minimum absolute atomic E-state index is 0.703. The fourth-order valence-corrected chi connectivity index (χ4v) is 3.57. The summed E-state index contributed by atoms with van der Waals surface area (Å²) >= 11 is 0. The second kappa shape index (κ2) is 6.13. The highest BCUT2D eigenvalue weighted by Crippen LogP contribution is 2.32. The Kier molecular flexibility index (Phi) is 3.33. The SMILES string of the molecule is c1cc(-c2ccoc2)c2nc(-c3n[nH]c4cnc(-c5ccncc5)cc34)[nH]c2c1. The van der Waals surface area contributed by atoms with Gasteiger partial charge in [-0.2, -0.15) is 5.10 Å². The van der Waals surface area contributed by atoms with Gasteiger partial charge in [0.05, 0.1) is 41.0 Å². The predicted molar refractivity (Wildman–Crippen MR) is 110 cm³/mol. The van der Waals surface area contributed by atoms with Gasteiger partial charge in [0.25, 0.3) is 0 Å². The van der Waals surface area contributed by atoms with Crippen LogP contribution in [0.15, 0.2) is 78.0 Å². The Morgan fingerprint density at radius 1 is 0.931 bits per heavy atom. The molecule has 0 unspecified atom stereocenters. The number of pyridine rings is 2. The van der Waals surface area contributed by atoms with Gasteiger partial charge in [-0.1, -0.05) is 12.1 Å². The van der Waals surface area contributed by atoms with E-state index >= 15 is 0 Å². The minimum Gasteiger partial charge on any atom is -0.472 e. The second-order valence-corrected chi connectivity index (χ2v) is 6.72. The Bertz CT molecular complexity index is 1450. The molecular weight excluding hydrogens is 364 g/mol. The molecular formula is C22H14N6O. The predicted octanol–water partition coefficient (Wildman–Crippen LogP) is 4.82. The van der Waals surface area contributed by atoms with Crippen molar-refractivity contribution in [2.45, 2.75) is 0 Å².